The molecule has 37 heavy (non-hydrogen) atoms. The monoisotopic (exact) mass is 542 g/mol. The summed E-state index contributed by atoms with van der Waals surface area (Å²) in [6, 6.07) is 0. The second kappa shape index (κ2) is 29.5. The minimum atomic E-state index is -0.359. The van der Waals surface area contributed by atoms with Gasteiger partial charge in [-0.2, -0.15) is 0 Å². The van der Waals surface area contributed by atoms with Crippen molar-refractivity contribution in [2.45, 2.75) is 25.7 Å². The van der Waals surface area contributed by atoms with Crippen molar-refractivity contribution in [3.05, 3.63) is 0 Å². The zero-order valence-corrected chi connectivity index (χ0v) is 24.5. The minimum Gasteiger partial charge on any atom is -0.448 e. The summed E-state index contributed by atoms with van der Waals surface area (Å²) in [4.78, 5) is 19.8. The molecule has 0 spiro atoms. The molecule has 1 amide bonds. The van der Waals surface area contributed by atoms with Crippen LogP contribution >= 0.6 is 0 Å². The summed E-state index contributed by atoms with van der Waals surface area (Å²) in [6.45, 7) is 9.77. The van der Waals surface area contributed by atoms with Gasteiger partial charge in [0.2, 0.25) is 0 Å². The number of ether oxygens (including phenoxy) is 3. The number of unbranched alkanes of at least 4 members (excludes halogenated alkanes) is 3. The molecular weight excluding hydrogens is 480 g/mol. The van der Waals surface area contributed by atoms with Crippen LogP contribution in [0.1, 0.15) is 28.5 Å². The topological polar surface area (TPSA) is 122 Å². The highest BCUT2D eigenvalue weighted by atomic mass is 16.5. The Morgan fingerprint density at radius 1 is 0.676 bits per heavy atom. The first-order valence-electron chi connectivity index (χ1n) is 13.4. The summed E-state index contributed by atoms with van der Waals surface area (Å²) in [6.07, 6.45) is 3.56. The first kappa shape index (κ1) is 38.1. The van der Waals surface area contributed by atoms with Crippen molar-refractivity contribution in [1.29, 1.82) is 0 Å². The highest BCUT2D eigenvalue weighted by molar-refractivity contribution is 5.66. The van der Waals surface area contributed by atoms with E-state index in [0.29, 0.717) is 32.8 Å². The molecular formula is C25H62N6O6. The van der Waals surface area contributed by atoms with Crippen LogP contribution in [0.2, 0.25) is 0 Å². The predicted octanol–water partition coefficient (Wildman–Crippen LogP) is 0.743. The number of carbonyl (C=O) groups excluding carboxylic acids is 1. The minimum absolute atomic E-state index is 0. The normalized spacial score (nSPS) is 11.4. The van der Waals surface area contributed by atoms with Crippen molar-refractivity contribution in [2.75, 3.05) is 134 Å². The molecule has 0 rings (SSSR count). The number of rotatable bonds is 24. The number of alkyl carbamates (subject to hydrolysis) is 1. The van der Waals surface area contributed by atoms with E-state index in [2.05, 4.69) is 30.4 Å². The zero-order chi connectivity index (χ0) is 28.2. The fourth-order valence-corrected chi connectivity index (χ4v) is 2.75. The third-order valence-electron chi connectivity index (χ3n) is 5.27. The van der Waals surface area contributed by atoms with Crippen molar-refractivity contribution < 1.29 is 32.2 Å². The molecule has 0 bridgehead atoms. The number of amides is 1. The largest absolute Gasteiger partial charge is 0.448 e. The van der Waals surface area contributed by atoms with Crippen LogP contribution in [0.5, 0.6) is 0 Å². The van der Waals surface area contributed by atoms with E-state index in [9.17, 15) is 4.79 Å². The molecule has 0 aliphatic carbocycles. The van der Waals surface area contributed by atoms with Gasteiger partial charge in [-0.1, -0.05) is 12.8 Å². The number of hydroxylamine groups is 1. The van der Waals surface area contributed by atoms with Gasteiger partial charge >= 0.3 is 6.09 Å². The Labute approximate surface area is 229 Å². The van der Waals surface area contributed by atoms with E-state index in [0.717, 1.165) is 78.2 Å². The van der Waals surface area contributed by atoms with Crippen molar-refractivity contribution in [3.63, 3.8) is 0 Å². The Kier molecular flexibility index (Phi) is 30.3. The second-order valence-electron chi connectivity index (χ2n) is 9.55. The Bertz CT molecular complexity index is 488. The lowest BCUT2D eigenvalue weighted by Crippen LogP contribution is -2.31. The lowest BCUT2D eigenvalue weighted by molar-refractivity contribution is 0.0891. The fraction of sp³-hybridized carbons (Fsp3) is 0.960. The van der Waals surface area contributed by atoms with E-state index in [1.54, 1.807) is 0 Å². The molecule has 0 aromatic carbocycles. The standard InChI is InChI=1S/C16H36N4O4.C9H22N2O2.2H2/c1-19(2)10-13-23-14-11-20(3)12-15-24-16(21)17-8-6-4-5-7-9-18-22;1-10(2)5-8-13-9-6-11(3)4-7-12;;/h18,22H,4-15H2,1-3H3,(H,17,21);12H,4-9H2,1-3H3;2*1H. The van der Waals surface area contributed by atoms with Gasteiger partial charge in [0.1, 0.15) is 6.61 Å². The van der Waals surface area contributed by atoms with Gasteiger partial charge in [-0.05, 0) is 55.1 Å². The van der Waals surface area contributed by atoms with Gasteiger partial charge in [-0.25, -0.2) is 10.3 Å². The van der Waals surface area contributed by atoms with E-state index < -0.39 is 0 Å². The zero-order valence-electron chi connectivity index (χ0n) is 24.5. The van der Waals surface area contributed by atoms with Crippen molar-refractivity contribution in [3.8, 4) is 0 Å². The maximum Gasteiger partial charge on any atom is 0.407 e. The van der Waals surface area contributed by atoms with E-state index in [-0.39, 0.29) is 15.6 Å². The summed E-state index contributed by atoms with van der Waals surface area (Å²) in [7, 11) is 12.1. The summed E-state index contributed by atoms with van der Waals surface area (Å²) in [5, 5.41) is 19.8. The first-order chi connectivity index (χ1) is 17.7. The average molecular weight is 543 g/mol. The van der Waals surface area contributed by atoms with Crippen molar-refractivity contribution >= 4 is 6.09 Å². The van der Waals surface area contributed by atoms with Crippen LogP contribution in [0, 0.1) is 0 Å². The molecule has 0 fully saturated rings. The van der Waals surface area contributed by atoms with Crippen molar-refractivity contribution in [2.24, 2.45) is 0 Å². The molecule has 4 N–H and O–H groups in total. The Morgan fingerprint density at radius 3 is 1.62 bits per heavy atom. The average Bonchev–Trinajstić information content (AvgIpc) is 2.83. The van der Waals surface area contributed by atoms with Gasteiger partial charge in [0.05, 0.1) is 33.0 Å². The molecule has 0 unspecified atom stereocenters. The number of hydrogen-bond donors (Lipinski definition) is 4. The number of nitrogens with one attached hydrogen (secondary N) is 2. The van der Waals surface area contributed by atoms with Gasteiger partial charge in [0, 0.05) is 55.2 Å². The molecule has 12 heteroatoms. The van der Waals surface area contributed by atoms with Gasteiger partial charge in [-0.3, -0.25) is 0 Å². The number of nitrogens with zero attached hydrogens (tertiary/aromatic N) is 4. The number of likely N-dealkylation sites (N-methyl/N-ethyl adjacent to an activating group) is 4. The van der Waals surface area contributed by atoms with E-state index in [1.165, 1.54) is 0 Å². The van der Waals surface area contributed by atoms with Crippen LogP contribution in [0.15, 0.2) is 0 Å². The molecule has 0 aliphatic heterocycles. The molecule has 228 valence electrons. The lowest BCUT2D eigenvalue weighted by Gasteiger charge is -2.17. The summed E-state index contributed by atoms with van der Waals surface area (Å²) in [5.74, 6) is 0. The van der Waals surface area contributed by atoms with Crippen LogP contribution in [0.25, 0.3) is 0 Å². The number of aliphatic hydroxyl groups is 1. The predicted molar refractivity (Wildman–Crippen MR) is 153 cm³/mol. The Hall–Kier alpha value is -1.09. The highest BCUT2D eigenvalue weighted by Gasteiger charge is 2.03. The number of hydrogen-bond acceptors (Lipinski definition) is 11. The van der Waals surface area contributed by atoms with Crippen LogP contribution in [-0.4, -0.2) is 170 Å². The lowest BCUT2D eigenvalue weighted by atomic mass is 10.2. The quantitative estimate of drug-likeness (QED) is 0.102. The molecule has 0 aliphatic rings. The smallest absolute Gasteiger partial charge is 0.407 e. The molecule has 0 atom stereocenters. The maximum absolute atomic E-state index is 11.5. The SMILES string of the molecule is CN(C)CCOCCN(C)CCO.CN(C)CCOCCN(C)CCOC(=O)NCCCCCCNO.[HH].[HH]. The Balaban J connectivity index is -0.000000349. The van der Waals surface area contributed by atoms with Crippen LogP contribution < -0.4 is 10.8 Å². The van der Waals surface area contributed by atoms with E-state index >= 15 is 0 Å². The van der Waals surface area contributed by atoms with Gasteiger partial charge in [0.15, 0.2) is 0 Å². The molecule has 0 aromatic heterocycles. The molecule has 12 nitrogen and oxygen atoms in total. The van der Waals surface area contributed by atoms with E-state index in [4.69, 9.17) is 24.5 Å². The van der Waals surface area contributed by atoms with Gasteiger partial charge in [-0.15, -0.1) is 0 Å². The van der Waals surface area contributed by atoms with Crippen LogP contribution in [-0.2, 0) is 14.2 Å². The number of aliphatic hydroxyl groups excluding tert-OH is 1. The van der Waals surface area contributed by atoms with Gasteiger partial charge < -0.3 is 49.4 Å². The Morgan fingerprint density at radius 2 is 1.14 bits per heavy atom. The van der Waals surface area contributed by atoms with Crippen LogP contribution in [0.4, 0.5) is 4.79 Å². The molecule has 0 saturated carbocycles. The molecule has 0 saturated heterocycles. The molecule has 0 heterocycles. The van der Waals surface area contributed by atoms with Crippen molar-refractivity contribution in [1.82, 2.24) is 30.4 Å². The maximum atomic E-state index is 11.5. The first-order valence-corrected chi connectivity index (χ1v) is 13.4. The van der Waals surface area contributed by atoms with Crippen LogP contribution in [0.3, 0.4) is 0 Å². The third kappa shape index (κ3) is 34.9. The highest BCUT2D eigenvalue weighted by Crippen LogP contribution is 1.97. The van der Waals surface area contributed by atoms with Gasteiger partial charge in [0.25, 0.3) is 0 Å². The summed E-state index contributed by atoms with van der Waals surface area (Å²) in [5.41, 5.74) is 2.13. The summed E-state index contributed by atoms with van der Waals surface area (Å²) < 4.78 is 16.1. The third-order valence-corrected chi connectivity index (χ3v) is 5.27. The molecule has 0 radical (unpaired) electrons. The second-order valence-corrected chi connectivity index (χ2v) is 9.55. The summed E-state index contributed by atoms with van der Waals surface area (Å²) >= 11 is 0. The fourth-order valence-electron chi connectivity index (χ4n) is 2.75. The molecule has 0 aromatic rings. The number of carbonyl (C=O) groups is 1. The van der Waals surface area contributed by atoms with E-state index in [1.807, 2.05) is 42.3 Å².